The number of alkyl halides is 3. The van der Waals surface area contributed by atoms with E-state index in [-0.39, 0.29) is 48.8 Å². The minimum atomic E-state index is -4.31. The first-order valence-corrected chi connectivity index (χ1v) is 14.7. The second-order valence-corrected chi connectivity index (χ2v) is 12.0. The molecule has 5 N–H and O–H groups in total. The van der Waals surface area contributed by atoms with Crippen LogP contribution >= 0.6 is 37.2 Å². The Morgan fingerprint density at radius 1 is 0.977 bits per heavy atom. The van der Waals surface area contributed by atoms with Gasteiger partial charge in [-0.3, -0.25) is 0 Å². The van der Waals surface area contributed by atoms with Crippen LogP contribution in [-0.2, 0) is 18.1 Å². The van der Waals surface area contributed by atoms with Crippen molar-refractivity contribution in [3.05, 3.63) is 47.4 Å². The molecule has 240 valence electrons. The molecule has 0 unspecified atom stereocenters. The van der Waals surface area contributed by atoms with E-state index in [1.54, 1.807) is 6.33 Å². The molecule has 0 radical (unpaired) electrons. The second kappa shape index (κ2) is 14.9. The van der Waals surface area contributed by atoms with Gasteiger partial charge in [0.2, 0.25) is 5.95 Å². The smallest absolute Gasteiger partial charge is 0.351 e. The van der Waals surface area contributed by atoms with E-state index in [4.69, 9.17) is 15.7 Å². The fourth-order valence-electron chi connectivity index (χ4n) is 6.83. The molecule has 0 bridgehead atoms. The summed E-state index contributed by atoms with van der Waals surface area (Å²) in [4.78, 5) is 17.6. The van der Waals surface area contributed by atoms with Gasteiger partial charge >= 0.3 is 6.18 Å². The number of halogens is 6. The molecule has 3 fully saturated rings. The van der Waals surface area contributed by atoms with E-state index in [9.17, 15) is 13.2 Å². The highest BCUT2D eigenvalue weighted by Crippen LogP contribution is 2.41. The maximum atomic E-state index is 13.2. The van der Waals surface area contributed by atoms with E-state index < -0.39 is 11.7 Å². The number of nitrogens with two attached hydrogens (primary N) is 1. The van der Waals surface area contributed by atoms with Gasteiger partial charge in [0.15, 0.2) is 5.65 Å². The van der Waals surface area contributed by atoms with E-state index >= 15 is 0 Å². The normalized spacial score (nSPS) is 22.8. The Morgan fingerprint density at radius 3 is 2.35 bits per heavy atom. The topological polar surface area (TPSA) is 108 Å². The van der Waals surface area contributed by atoms with Gasteiger partial charge in [0.05, 0.1) is 23.1 Å². The summed E-state index contributed by atoms with van der Waals surface area (Å²) in [6, 6.07) is 6.37. The number of fused-ring (bicyclic) bond motifs is 1. The molecule has 1 aromatic carbocycles. The average molecular weight is 666 g/mol. The van der Waals surface area contributed by atoms with Gasteiger partial charge in [-0.15, -0.1) is 37.2 Å². The number of piperidine rings is 1. The van der Waals surface area contributed by atoms with Crippen molar-refractivity contribution >= 4 is 54.3 Å². The van der Waals surface area contributed by atoms with E-state index in [0.717, 1.165) is 100 Å². The Balaban J connectivity index is 0.00000169. The fourth-order valence-corrected chi connectivity index (χ4v) is 6.83. The van der Waals surface area contributed by atoms with Crippen molar-refractivity contribution in [2.75, 3.05) is 18.4 Å². The molecule has 1 aliphatic heterocycles. The highest BCUT2D eigenvalue weighted by molar-refractivity contribution is 5.86. The van der Waals surface area contributed by atoms with Crippen LogP contribution in [-0.4, -0.2) is 50.1 Å². The molecule has 3 heterocycles. The number of hydrogen-bond acceptors (Lipinski definition) is 7. The Kier molecular flexibility index (Phi) is 12.4. The predicted octanol–water partition coefficient (Wildman–Crippen LogP) is 6.55. The number of anilines is 1. The molecule has 6 rings (SSSR count). The van der Waals surface area contributed by atoms with Crippen molar-refractivity contribution in [2.24, 2.45) is 11.7 Å². The van der Waals surface area contributed by atoms with Crippen molar-refractivity contribution in [1.29, 1.82) is 0 Å². The number of nitrogens with one attached hydrogen (secondary N) is 3. The SMILES string of the molecule is Cl.Cl.Cl.NC1CCC(Nc2nc(C3(NN4CCC(Cc5cccc(C(F)(F)F)c5)CC4)CCCC3)c3[nH]cnc3n2)CC1. The van der Waals surface area contributed by atoms with Crippen LogP contribution in [0.4, 0.5) is 19.1 Å². The van der Waals surface area contributed by atoms with E-state index in [2.05, 4.69) is 25.7 Å². The van der Waals surface area contributed by atoms with Crippen molar-refractivity contribution in [1.82, 2.24) is 30.4 Å². The Morgan fingerprint density at radius 2 is 1.67 bits per heavy atom. The summed E-state index contributed by atoms with van der Waals surface area (Å²) in [5, 5.41) is 5.87. The second-order valence-electron chi connectivity index (χ2n) is 12.0. The summed E-state index contributed by atoms with van der Waals surface area (Å²) < 4.78 is 39.5. The molecule has 3 aromatic rings. The van der Waals surface area contributed by atoms with Gasteiger partial charge in [0.25, 0.3) is 0 Å². The number of H-pyrrole nitrogens is 1. The molecule has 2 aromatic heterocycles. The van der Waals surface area contributed by atoms with Gasteiger partial charge in [-0.2, -0.15) is 18.2 Å². The number of hydrazine groups is 1. The number of benzene rings is 1. The number of nitrogens with zero attached hydrogens (tertiary/aromatic N) is 4. The molecule has 0 spiro atoms. The van der Waals surface area contributed by atoms with Crippen LogP contribution in [0.15, 0.2) is 30.6 Å². The molecule has 0 atom stereocenters. The highest BCUT2D eigenvalue weighted by Gasteiger charge is 2.41. The number of rotatable bonds is 7. The Bertz CT molecular complexity index is 1300. The summed E-state index contributed by atoms with van der Waals surface area (Å²) in [6.45, 7) is 1.69. The lowest BCUT2D eigenvalue weighted by Gasteiger charge is -2.40. The molecule has 14 heteroatoms. The van der Waals surface area contributed by atoms with Crippen LogP contribution < -0.4 is 16.5 Å². The lowest BCUT2D eigenvalue weighted by atomic mass is 9.89. The van der Waals surface area contributed by atoms with Crippen molar-refractivity contribution in [3.63, 3.8) is 0 Å². The van der Waals surface area contributed by atoms with Gasteiger partial charge in [-0.05, 0) is 75.3 Å². The fraction of sp³-hybridized carbons (Fsp3) is 0.621. The minimum absolute atomic E-state index is 0. The quantitative estimate of drug-likeness (QED) is 0.227. The summed E-state index contributed by atoms with van der Waals surface area (Å²) in [5.74, 6) is 0.988. The van der Waals surface area contributed by atoms with Gasteiger partial charge in [0, 0.05) is 25.2 Å². The van der Waals surface area contributed by atoms with Crippen LogP contribution in [0, 0.1) is 5.92 Å². The third-order valence-corrected chi connectivity index (χ3v) is 9.07. The number of imidazole rings is 1. The third kappa shape index (κ3) is 8.23. The highest BCUT2D eigenvalue weighted by atomic mass is 35.5. The number of hydrogen-bond donors (Lipinski definition) is 4. The molecular formula is C29H42Cl3F3N8. The predicted molar refractivity (Wildman–Crippen MR) is 170 cm³/mol. The maximum absolute atomic E-state index is 13.2. The van der Waals surface area contributed by atoms with Crippen LogP contribution in [0.5, 0.6) is 0 Å². The van der Waals surface area contributed by atoms with Crippen LogP contribution in [0.25, 0.3) is 11.2 Å². The first kappa shape index (κ1) is 35.6. The minimum Gasteiger partial charge on any atom is -0.351 e. The average Bonchev–Trinajstić information content (AvgIpc) is 3.61. The molecule has 2 aliphatic carbocycles. The van der Waals surface area contributed by atoms with Crippen LogP contribution in [0.2, 0.25) is 0 Å². The van der Waals surface area contributed by atoms with Crippen molar-refractivity contribution < 1.29 is 13.2 Å². The monoisotopic (exact) mass is 664 g/mol. The van der Waals surface area contributed by atoms with Crippen molar-refractivity contribution in [2.45, 2.75) is 94.4 Å². The van der Waals surface area contributed by atoms with Crippen molar-refractivity contribution in [3.8, 4) is 0 Å². The summed E-state index contributed by atoms with van der Waals surface area (Å²) in [6.07, 6.45) is 8.11. The van der Waals surface area contributed by atoms with E-state index in [1.165, 1.54) is 12.1 Å². The zero-order valence-corrected chi connectivity index (χ0v) is 26.5. The number of aromatic amines is 1. The lowest BCUT2D eigenvalue weighted by Crippen LogP contribution is -2.54. The lowest BCUT2D eigenvalue weighted by molar-refractivity contribution is -0.137. The van der Waals surface area contributed by atoms with E-state index in [1.807, 2.05) is 6.07 Å². The van der Waals surface area contributed by atoms with E-state index in [0.29, 0.717) is 30.0 Å². The van der Waals surface area contributed by atoms with Gasteiger partial charge in [-0.25, -0.2) is 20.4 Å². The molecule has 3 aliphatic rings. The Labute approximate surface area is 269 Å². The molecule has 8 nitrogen and oxygen atoms in total. The van der Waals surface area contributed by atoms with Crippen LogP contribution in [0.3, 0.4) is 0 Å². The largest absolute Gasteiger partial charge is 0.416 e. The summed E-state index contributed by atoms with van der Waals surface area (Å²) in [5.41, 5.74) is 12.4. The van der Waals surface area contributed by atoms with Gasteiger partial charge in [-0.1, -0.05) is 31.0 Å². The summed E-state index contributed by atoms with van der Waals surface area (Å²) in [7, 11) is 0. The van der Waals surface area contributed by atoms with Gasteiger partial charge < -0.3 is 16.0 Å². The molecule has 43 heavy (non-hydrogen) atoms. The maximum Gasteiger partial charge on any atom is 0.416 e. The molecule has 2 saturated carbocycles. The third-order valence-electron chi connectivity index (χ3n) is 9.07. The number of aromatic nitrogens is 4. The molecule has 1 saturated heterocycles. The Hall–Kier alpha value is -1.89. The first-order chi connectivity index (χ1) is 19.3. The summed E-state index contributed by atoms with van der Waals surface area (Å²) >= 11 is 0. The molecule has 0 amide bonds. The molecular weight excluding hydrogens is 624 g/mol. The zero-order valence-electron chi connectivity index (χ0n) is 24.0. The van der Waals surface area contributed by atoms with Crippen LogP contribution in [0.1, 0.15) is 81.0 Å². The van der Waals surface area contributed by atoms with Gasteiger partial charge in [0.1, 0.15) is 5.52 Å². The zero-order chi connectivity index (χ0) is 27.7. The standard InChI is InChI=1S/C29H39F3N8.3ClH/c30-29(31,32)21-5-3-4-20(17-21)16-19-10-14-40(15-11-19)39-28(12-1-2-13-28)25-24-26(35-18-34-24)38-27(37-25)36-23-8-6-22(33)7-9-23;;;/h3-5,17-19,22-23,39H,1-2,6-16,33H2,(H2,34,35,36,37,38);3*1H. The first-order valence-electron chi connectivity index (χ1n) is 14.7.